The third-order valence-corrected chi connectivity index (χ3v) is 7.68. The molecule has 1 aliphatic heterocycles. The number of primary amides is 1. The van der Waals surface area contributed by atoms with Crippen LogP contribution in [0.2, 0.25) is 0 Å². The molecular formula is C27H37N5O4. The van der Waals surface area contributed by atoms with Gasteiger partial charge in [0.25, 0.3) is 0 Å². The Morgan fingerprint density at radius 3 is 2.64 bits per heavy atom. The Labute approximate surface area is 212 Å². The van der Waals surface area contributed by atoms with Crippen LogP contribution in [0.4, 0.5) is 5.82 Å². The third-order valence-electron chi connectivity index (χ3n) is 7.68. The normalized spacial score (nSPS) is 19.5. The minimum absolute atomic E-state index is 0.0226. The minimum atomic E-state index is -0.595. The molecule has 4 rings (SSSR count). The summed E-state index contributed by atoms with van der Waals surface area (Å²) in [6, 6.07) is 6.64. The summed E-state index contributed by atoms with van der Waals surface area (Å²) in [4.78, 5) is 46.3. The van der Waals surface area contributed by atoms with Crippen molar-refractivity contribution in [1.82, 2.24) is 14.8 Å². The predicted molar refractivity (Wildman–Crippen MR) is 137 cm³/mol. The number of hydrogen-bond donors (Lipinski definition) is 2. The molecule has 9 nitrogen and oxygen atoms in total. The van der Waals surface area contributed by atoms with E-state index in [0.29, 0.717) is 37.7 Å². The summed E-state index contributed by atoms with van der Waals surface area (Å²) >= 11 is 0. The molecular weight excluding hydrogens is 458 g/mol. The highest BCUT2D eigenvalue weighted by atomic mass is 16.5. The van der Waals surface area contributed by atoms with Gasteiger partial charge >= 0.3 is 5.97 Å². The lowest BCUT2D eigenvalue weighted by Crippen LogP contribution is -2.54. The monoisotopic (exact) mass is 495 g/mol. The van der Waals surface area contributed by atoms with Crippen LogP contribution in [0.3, 0.4) is 0 Å². The maximum absolute atomic E-state index is 14.0. The van der Waals surface area contributed by atoms with Crippen molar-refractivity contribution >= 4 is 34.4 Å². The van der Waals surface area contributed by atoms with Crippen LogP contribution in [0, 0.1) is 5.92 Å². The number of aromatic nitrogens is 1. The molecule has 0 radical (unpaired) electrons. The quantitative estimate of drug-likeness (QED) is 0.511. The molecule has 1 aliphatic carbocycles. The molecule has 2 fully saturated rings. The zero-order valence-corrected chi connectivity index (χ0v) is 21.0. The van der Waals surface area contributed by atoms with Gasteiger partial charge in [-0.25, -0.2) is 4.98 Å². The Kier molecular flexibility index (Phi) is 8.40. The number of methoxy groups -OCH3 is 1. The molecule has 2 heterocycles. The van der Waals surface area contributed by atoms with Gasteiger partial charge in [-0.15, -0.1) is 0 Å². The van der Waals surface area contributed by atoms with E-state index >= 15 is 0 Å². The first-order valence-electron chi connectivity index (χ1n) is 12.9. The zero-order chi connectivity index (χ0) is 25.7. The number of pyridine rings is 1. The fraction of sp³-hybridized carbons (Fsp3) is 0.556. The Balaban J connectivity index is 1.66. The highest BCUT2D eigenvalue weighted by Gasteiger charge is 2.39. The Morgan fingerprint density at radius 1 is 1.14 bits per heavy atom. The van der Waals surface area contributed by atoms with Crippen molar-refractivity contribution in [1.29, 1.82) is 0 Å². The van der Waals surface area contributed by atoms with E-state index in [-0.39, 0.29) is 12.5 Å². The second-order valence-corrected chi connectivity index (χ2v) is 10.1. The second kappa shape index (κ2) is 11.7. The standard InChI is InChI=1S/C27H37N5O4/c1-36-24(33)17-31(16-19-9-10-21-20(14-19)11-12-30-25(21)28)23(15-18-6-3-2-4-7-18)27(35)32-13-5-8-22(32)26(29)34/h9-12,14,18,22-23H,2-8,13,15-17H2,1H3,(H2,28,30)(H2,29,34)/t22-,23+/m0/s1. The van der Waals surface area contributed by atoms with Crippen molar-refractivity contribution in [3.63, 3.8) is 0 Å². The van der Waals surface area contributed by atoms with Crippen LogP contribution in [-0.4, -0.2) is 64.9 Å². The molecule has 194 valence electrons. The van der Waals surface area contributed by atoms with E-state index in [0.717, 1.165) is 48.4 Å². The lowest BCUT2D eigenvalue weighted by atomic mass is 9.84. The number of hydrogen-bond acceptors (Lipinski definition) is 7. The summed E-state index contributed by atoms with van der Waals surface area (Å²) in [5.74, 6) is -0.150. The number of anilines is 1. The van der Waals surface area contributed by atoms with E-state index < -0.39 is 24.0 Å². The number of benzene rings is 1. The lowest BCUT2D eigenvalue weighted by molar-refractivity contribution is -0.148. The third kappa shape index (κ3) is 5.95. The molecule has 1 saturated carbocycles. The van der Waals surface area contributed by atoms with E-state index in [2.05, 4.69) is 4.98 Å². The number of likely N-dealkylation sites (tertiary alicyclic amines) is 1. The molecule has 1 saturated heterocycles. The summed E-state index contributed by atoms with van der Waals surface area (Å²) in [6.07, 6.45) is 9.27. The van der Waals surface area contributed by atoms with Gasteiger partial charge in [-0.2, -0.15) is 0 Å². The van der Waals surface area contributed by atoms with Gasteiger partial charge in [0.2, 0.25) is 11.8 Å². The molecule has 1 aromatic carbocycles. The van der Waals surface area contributed by atoms with Crippen LogP contribution >= 0.6 is 0 Å². The van der Waals surface area contributed by atoms with Crippen LogP contribution in [0.5, 0.6) is 0 Å². The smallest absolute Gasteiger partial charge is 0.319 e. The average molecular weight is 496 g/mol. The van der Waals surface area contributed by atoms with Crippen molar-refractivity contribution in [3.05, 3.63) is 36.0 Å². The number of carbonyl (C=O) groups excluding carboxylic acids is 3. The lowest BCUT2D eigenvalue weighted by Gasteiger charge is -2.37. The number of nitrogens with zero attached hydrogens (tertiary/aromatic N) is 3. The van der Waals surface area contributed by atoms with Crippen molar-refractivity contribution in [2.24, 2.45) is 11.7 Å². The molecule has 1 aromatic heterocycles. The van der Waals surface area contributed by atoms with Crippen LogP contribution in [0.25, 0.3) is 10.8 Å². The Morgan fingerprint density at radius 2 is 1.92 bits per heavy atom. The average Bonchev–Trinajstić information content (AvgIpc) is 3.38. The Hall–Kier alpha value is -3.20. The SMILES string of the molecule is COC(=O)CN(Cc1ccc2c(N)nccc2c1)[C@H](CC1CCCCC1)C(=O)N1CCC[C@H]1C(N)=O. The summed E-state index contributed by atoms with van der Waals surface area (Å²) in [7, 11) is 1.36. The largest absolute Gasteiger partial charge is 0.468 e. The van der Waals surface area contributed by atoms with Gasteiger partial charge in [-0.3, -0.25) is 19.3 Å². The maximum Gasteiger partial charge on any atom is 0.319 e. The molecule has 4 N–H and O–H groups in total. The van der Waals surface area contributed by atoms with E-state index in [4.69, 9.17) is 16.2 Å². The van der Waals surface area contributed by atoms with E-state index in [1.165, 1.54) is 13.5 Å². The van der Waals surface area contributed by atoms with Gasteiger partial charge in [0.15, 0.2) is 0 Å². The minimum Gasteiger partial charge on any atom is -0.468 e. The molecule has 9 heteroatoms. The van der Waals surface area contributed by atoms with Crippen LogP contribution < -0.4 is 11.5 Å². The highest BCUT2D eigenvalue weighted by molar-refractivity contribution is 5.91. The maximum atomic E-state index is 14.0. The number of ether oxygens (including phenoxy) is 1. The van der Waals surface area contributed by atoms with Crippen molar-refractivity contribution < 1.29 is 19.1 Å². The number of nitrogen functional groups attached to an aromatic ring is 1. The summed E-state index contributed by atoms with van der Waals surface area (Å²) in [5, 5.41) is 1.80. The first-order valence-corrected chi connectivity index (χ1v) is 12.9. The number of fused-ring (bicyclic) bond motifs is 1. The molecule has 2 aliphatic rings. The number of esters is 1. The second-order valence-electron chi connectivity index (χ2n) is 10.1. The number of carbonyl (C=O) groups is 3. The number of nitrogens with two attached hydrogens (primary N) is 2. The highest BCUT2D eigenvalue weighted by Crippen LogP contribution is 2.31. The molecule has 0 bridgehead atoms. The fourth-order valence-electron chi connectivity index (χ4n) is 5.75. The molecule has 0 spiro atoms. The molecule has 36 heavy (non-hydrogen) atoms. The zero-order valence-electron chi connectivity index (χ0n) is 21.0. The van der Waals surface area contributed by atoms with Gasteiger partial charge in [-0.05, 0) is 48.3 Å². The van der Waals surface area contributed by atoms with Gasteiger partial charge in [0.1, 0.15) is 11.9 Å². The topological polar surface area (TPSA) is 132 Å². The van der Waals surface area contributed by atoms with E-state index in [1.807, 2.05) is 29.2 Å². The van der Waals surface area contributed by atoms with E-state index in [1.54, 1.807) is 11.1 Å². The number of amides is 2. The Bertz CT molecular complexity index is 1100. The fourth-order valence-corrected chi connectivity index (χ4v) is 5.75. The molecule has 2 atom stereocenters. The van der Waals surface area contributed by atoms with Crippen LogP contribution in [0.1, 0.15) is 56.9 Å². The van der Waals surface area contributed by atoms with Gasteiger partial charge < -0.3 is 21.1 Å². The molecule has 2 aromatic rings. The summed E-state index contributed by atoms with van der Waals surface area (Å²) in [6.45, 7) is 0.860. The first-order chi connectivity index (χ1) is 17.4. The summed E-state index contributed by atoms with van der Waals surface area (Å²) < 4.78 is 5.00. The van der Waals surface area contributed by atoms with Gasteiger partial charge in [0, 0.05) is 24.7 Å². The predicted octanol–water partition coefficient (Wildman–Crippen LogP) is 2.61. The van der Waals surface area contributed by atoms with Gasteiger partial charge in [0.05, 0.1) is 19.7 Å². The van der Waals surface area contributed by atoms with Crippen molar-refractivity contribution in [3.8, 4) is 0 Å². The molecule has 2 amide bonds. The van der Waals surface area contributed by atoms with Crippen LogP contribution in [0.15, 0.2) is 30.5 Å². The van der Waals surface area contributed by atoms with Crippen molar-refractivity contribution in [2.75, 3.05) is 25.9 Å². The molecule has 0 unspecified atom stereocenters. The van der Waals surface area contributed by atoms with Gasteiger partial charge in [-0.1, -0.05) is 44.2 Å². The number of rotatable bonds is 9. The van der Waals surface area contributed by atoms with Crippen LogP contribution in [-0.2, 0) is 25.7 Å². The van der Waals surface area contributed by atoms with Crippen molar-refractivity contribution in [2.45, 2.75) is 70.0 Å². The summed E-state index contributed by atoms with van der Waals surface area (Å²) in [5.41, 5.74) is 12.6. The van der Waals surface area contributed by atoms with E-state index in [9.17, 15) is 14.4 Å². The first kappa shape index (κ1) is 25.9.